The Kier molecular flexibility index (Phi) is 7.02. The SMILES string of the molecule is CN(Cc1cc2ccccc2n1C)C(=O)/C=C/c1cnc2c(c1)CN(CCN1CCOCC1)C(=O)N2. The minimum absolute atomic E-state index is 0.0848. The van der Waals surface area contributed by atoms with Crippen LogP contribution in [-0.4, -0.2) is 82.6 Å². The van der Waals surface area contributed by atoms with Crippen LogP contribution in [0.5, 0.6) is 0 Å². The average molecular weight is 489 g/mol. The van der Waals surface area contributed by atoms with Gasteiger partial charge in [-0.3, -0.25) is 15.0 Å². The first kappa shape index (κ1) is 24.0. The van der Waals surface area contributed by atoms with E-state index in [2.05, 4.69) is 38.0 Å². The van der Waals surface area contributed by atoms with Crippen LogP contribution in [0.1, 0.15) is 16.8 Å². The zero-order valence-electron chi connectivity index (χ0n) is 20.8. The Morgan fingerprint density at radius 1 is 1.19 bits per heavy atom. The summed E-state index contributed by atoms with van der Waals surface area (Å²) in [7, 11) is 3.82. The summed E-state index contributed by atoms with van der Waals surface area (Å²) in [6.07, 6.45) is 5.03. The molecule has 1 N–H and O–H groups in total. The van der Waals surface area contributed by atoms with Gasteiger partial charge in [-0.1, -0.05) is 18.2 Å². The second-order valence-electron chi connectivity index (χ2n) is 9.36. The number of anilines is 1. The third-order valence-electron chi connectivity index (χ3n) is 6.90. The highest BCUT2D eigenvalue weighted by atomic mass is 16.5. The van der Waals surface area contributed by atoms with E-state index >= 15 is 0 Å². The van der Waals surface area contributed by atoms with Gasteiger partial charge in [0.25, 0.3) is 0 Å². The second-order valence-corrected chi connectivity index (χ2v) is 9.36. The number of carbonyl (C=O) groups excluding carboxylic acids is 2. The molecule has 1 saturated heterocycles. The number of aromatic nitrogens is 2. The van der Waals surface area contributed by atoms with Crippen molar-refractivity contribution in [3.05, 3.63) is 65.5 Å². The van der Waals surface area contributed by atoms with E-state index in [9.17, 15) is 9.59 Å². The number of ether oxygens (including phenoxy) is 1. The Balaban J connectivity index is 1.21. The van der Waals surface area contributed by atoms with Gasteiger partial charge in [0.15, 0.2) is 0 Å². The standard InChI is InChI=1S/C27H32N6O3/c1-30(19-23-16-21-5-3-4-6-24(21)31(23)2)25(34)8-7-20-15-22-18-33(27(35)29-26(22)28-17-20)10-9-32-11-13-36-14-12-32/h3-8,15-17H,9-14,18-19H2,1-2H3,(H,28,29,35)/b8-7+. The maximum Gasteiger partial charge on any atom is 0.323 e. The van der Waals surface area contributed by atoms with Gasteiger partial charge in [-0.25, -0.2) is 9.78 Å². The lowest BCUT2D eigenvalue weighted by Gasteiger charge is -2.32. The largest absolute Gasteiger partial charge is 0.379 e. The molecule has 0 aliphatic carbocycles. The Morgan fingerprint density at radius 2 is 2.00 bits per heavy atom. The van der Waals surface area contributed by atoms with Crippen LogP contribution in [0.25, 0.3) is 17.0 Å². The van der Waals surface area contributed by atoms with E-state index in [1.165, 1.54) is 0 Å². The predicted octanol–water partition coefficient (Wildman–Crippen LogP) is 2.92. The number of aryl methyl sites for hydroxylation is 1. The van der Waals surface area contributed by atoms with E-state index < -0.39 is 0 Å². The number of nitrogens with one attached hydrogen (secondary N) is 1. The number of hydrogen-bond acceptors (Lipinski definition) is 5. The molecule has 2 aliphatic rings. The fourth-order valence-corrected chi connectivity index (χ4v) is 4.69. The van der Waals surface area contributed by atoms with Gasteiger partial charge in [-0.2, -0.15) is 0 Å². The van der Waals surface area contributed by atoms with Gasteiger partial charge < -0.3 is 19.1 Å². The first-order chi connectivity index (χ1) is 17.5. The van der Waals surface area contributed by atoms with E-state index in [4.69, 9.17) is 4.74 Å². The number of nitrogens with zero attached hydrogens (tertiary/aromatic N) is 5. The van der Waals surface area contributed by atoms with Crippen molar-refractivity contribution in [1.29, 1.82) is 0 Å². The van der Waals surface area contributed by atoms with E-state index in [0.29, 0.717) is 25.5 Å². The molecule has 4 heterocycles. The van der Waals surface area contributed by atoms with Gasteiger partial charge in [-0.05, 0) is 35.2 Å². The third kappa shape index (κ3) is 5.27. The van der Waals surface area contributed by atoms with Crippen molar-refractivity contribution < 1.29 is 14.3 Å². The van der Waals surface area contributed by atoms with Crippen LogP contribution in [0.2, 0.25) is 0 Å². The van der Waals surface area contributed by atoms with Crippen LogP contribution in [0.4, 0.5) is 10.6 Å². The molecule has 36 heavy (non-hydrogen) atoms. The number of urea groups is 1. The van der Waals surface area contributed by atoms with Gasteiger partial charge in [0.05, 0.1) is 26.3 Å². The van der Waals surface area contributed by atoms with Crippen LogP contribution in [0.3, 0.4) is 0 Å². The highest BCUT2D eigenvalue weighted by Crippen LogP contribution is 2.23. The molecule has 5 rings (SSSR count). The average Bonchev–Trinajstić information content (AvgIpc) is 3.21. The fourth-order valence-electron chi connectivity index (χ4n) is 4.69. The number of carbonyl (C=O) groups is 2. The molecule has 3 amide bonds. The van der Waals surface area contributed by atoms with Crippen LogP contribution in [-0.2, 0) is 29.7 Å². The molecule has 1 aromatic carbocycles. The number of benzene rings is 1. The van der Waals surface area contributed by atoms with Crippen molar-refractivity contribution in [2.24, 2.45) is 7.05 Å². The van der Waals surface area contributed by atoms with Crippen molar-refractivity contribution in [1.82, 2.24) is 24.3 Å². The molecule has 3 aromatic rings. The van der Waals surface area contributed by atoms with E-state index in [1.807, 2.05) is 25.2 Å². The molecular formula is C27H32N6O3. The summed E-state index contributed by atoms with van der Waals surface area (Å²) in [4.78, 5) is 35.5. The zero-order valence-corrected chi connectivity index (χ0v) is 20.8. The van der Waals surface area contributed by atoms with Gasteiger partial charge in [-0.15, -0.1) is 0 Å². The van der Waals surface area contributed by atoms with Gasteiger partial charge in [0.1, 0.15) is 5.82 Å². The Morgan fingerprint density at radius 3 is 2.81 bits per heavy atom. The van der Waals surface area contributed by atoms with Crippen molar-refractivity contribution >= 4 is 34.7 Å². The molecule has 1 fully saturated rings. The lowest BCUT2D eigenvalue weighted by atomic mass is 10.1. The Bertz CT molecular complexity index is 1290. The minimum atomic E-state index is -0.128. The number of pyridine rings is 1. The fraction of sp³-hybridized carbons (Fsp3) is 0.370. The molecule has 0 radical (unpaired) electrons. The first-order valence-corrected chi connectivity index (χ1v) is 12.3. The number of likely N-dealkylation sites (N-methyl/N-ethyl adjacent to an activating group) is 1. The number of para-hydroxylation sites is 1. The Labute approximate surface area is 210 Å². The molecular weight excluding hydrogens is 456 g/mol. The number of amides is 3. The quantitative estimate of drug-likeness (QED) is 0.517. The topological polar surface area (TPSA) is 82.9 Å². The molecule has 2 aliphatic heterocycles. The summed E-state index contributed by atoms with van der Waals surface area (Å²) in [5.74, 6) is 0.498. The van der Waals surface area contributed by atoms with Crippen LogP contribution >= 0.6 is 0 Å². The third-order valence-corrected chi connectivity index (χ3v) is 6.90. The van der Waals surface area contributed by atoms with Gasteiger partial charge in [0.2, 0.25) is 5.91 Å². The first-order valence-electron chi connectivity index (χ1n) is 12.3. The molecule has 9 nitrogen and oxygen atoms in total. The normalized spacial score (nSPS) is 16.4. The molecule has 0 atom stereocenters. The lowest BCUT2D eigenvalue weighted by Crippen LogP contribution is -2.45. The summed E-state index contributed by atoms with van der Waals surface area (Å²) in [5.41, 5.74) is 3.98. The summed E-state index contributed by atoms with van der Waals surface area (Å²) >= 11 is 0. The maximum atomic E-state index is 12.8. The maximum absolute atomic E-state index is 12.8. The molecule has 0 bridgehead atoms. The molecule has 188 valence electrons. The van der Waals surface area contributed by atoms with E-state index in [-0.39, 0.29) is 11.9 Å². The van der Waals surface area contributed by atoms with Crippen molar-refractivity contribution in [3.63, 3.8) is 0 Å². The van der Waals surface area contributed by atoms with Crippen molar-refractivity contribution in [2.75, 3.05) is 51.8 Å². The number of fused-ring (bicyclic) bond motifs is 2. The molecule has 2 aromatic heterocycles. The van der Waals surface area contributed by atoms with Crippen molar-refractivity contribution in [3.8, 4) is 0 Å². The zero-order chi connectivity index (χ0) is 25.1. The monoisotopic (exact) mass is 488 g/mol. The smallest absolute Gasteiger partial charge is 0.323 e. The highest BCUT2D eigenvalue weighted by molar-refractivity contribution is 5.93. The predicted molar refractivity (Wildman–Crippen MR) is 139 cm³/mol. The number of morpholine rings is 1. The Hall–Kier alpha value is -3.69. The molecule has 0 unspecified atom stereocenters. The van der Waals surface area contributed by atoms with E-state index in [0.717, 1.165) is 60.6 Å². The molecule has 0 spiro atoms. The van der Waals surface area contributed by atoms with Crippen LogP contribution in [0, 0.1) is 0 Å². The number of hydrogen-bond donors (Lipinski definition) is 1. The second kappa shape index (κ2) is 10.5. The minimum Gasteiger partial charge on any atom is -0.379 e. The lowest BCUT2D eigenvalue weighted by molar-refractivity contribution is -0.125. The summed E-state index contributed by atoms with van der Waals surface area (Å²) in [6.45, 7) is 5.74. The van der Waals surface area contributed by atoms with E-state index in [1.54, 1.807) is 35.2 Å². The summed E-state index contributed by atoms with van der Waals surface area (Å²) in [6, 6.07) is 12.2. The van der Waals surface area contributed by atoms with Gasteiger partial charge >= 0.3 is 6.03 Å². The van der Waals surface area contributed by atoms with Gasteiger partial charge in [0, 0.05) is 69.3 Å². The van der Waals surface area contributed by atoms with Crippen molar-refractivity contribution in [2.45, 2.75) is 13.1 Å². The molecule has 0 saturated carbocycles. The summed E-state index contributed by atoms with van der Waals surface area (Å²) < 4.78 is 7.52. The summed E-state index contributed by atoms with van der Waals surface area (Å²) in [5, 5.41) is 4.05. The highest BCUT2D eigenvalue weighted by Gasteiger charge is 2.24. The van der Waals surface area contributed by atoms with Crippen LogP contribution < -0.4 is 5.32 Å². The van der Waals surface area contributed by atoms with Crippen LogP contribution in [0.15, 0.2) is 48.7 Å². The molecule has 9 heteroatoms. The number of rotatable bonds is 7.